The van der Waals surface area contributed by atoms with E-state index in [0.717, 1.165) is 38.2 Å². The molecule has 2 bridgehead atoms. The van der Waals surface area contributed by atoms with Gasteiger partial charge in [0.1, 0.15) is 5.75 Å². The van der Waals surface area contributed by atoms with Gasteiger partial charge in [-0.25, -0.2) is 0 Å². The average molecular weight is 702 g/mol. The van der Waals surface area contributed by atoms with E-state index in [9.17, 15) is 34.2 Å². The Labute approximate surface area is 288 Å². The highest BCUT2D eigenvalue weighted by molar-refractivity contribution is 6.32. The lowest BCUT2D eigenvalue weighted by atomic mass is 9.45. The minimum Gasteiger partial charge on any atom is -0.507 e. The van der Waals surface area contributed by atoms with Crippen molar-refractivity contribution in [1.82, 2.24) is 9.80 Å². The van der Waals surface area contributed by atoms with Crippen molar-refractivity contribution in [2.45, 2.75) is 83.2 Å². The van der Waals surface area contributed by atoms with E-state index in [1.54, 1.807) is 0 Å². The summed E-state index contributed by atoms with van der Waals surface area (Å²) in [5, 5.41) is 23.0. The summed E-state index contributed by atoms with van der Waals surface area (Å²) in [4.78, 5) is 70.7. The molecule has 4 N–H and O–H groups in total. The summed E-state index contributed by atoms with van der Waals surface area (Å²) in [5.41, 5.74) is 0.415. The second kappa shape index (κ2) is 11.7. The number of halogens is 3. The zero-order valence-corrected chi connectivity index (χ0v) is 28.9. The fourth-order valence-corrected chi connectivity index (χ4v) is 10.8. The van der Waals surface area contributed by atoms with Gasteiger partial charge >= 0.3 is 6.18 Å². The Kier molecular flexibility index (Phi) is 8.23. The van der Waals surface area contributed by atoms with Crippen LogP contribution >= 0.6 is 0 Å². The van der Waals surface area contributed by atoms with Crippen molar-refractivity contribution in [3.05, 3.63) is 28.3 Å². The summed E-state index contributed by atoms with van der Waals surface area (Å²) in [6.45, 7) is 5.78. The zero-order valence-electron chi connectivity index (χ0n) is 28.9. The molecule has 10 nitrogen and oxygen atoms in total. The van der Waals surface area contributed by atoms with Crippen molar-refractivity contribution in [2.24, 2.45) is 58.5 Å². The van der Waals surface area contributed by atoms with Gasteiger partial charge in [-0.1, -0.05) is 13.8 Å². The monoisotopic (exact) mass is 701 g/mol. The number of phenols is 1. The van der Waals surface area contributed by atoms with Crippen molar-refractivity contribution >= 4 is 29.0 Å². The van der Waals surface area contributed by atoms with Gasteiger partial charge in [0.15, 0.2) is 34.7 Å². The van der Waals surface area contributed by atoms with Crippen molar-refractivity contribution < 1.29 is 47.4 Å². The highest BCUT2D eigenvalue weighted by Gasteiger charge is 2.69. The van der Waals surface area contributed by atoms with Crippen molar-refractivity contribution in [3.8, 4) is 5.75 Å². The number of benzene rings is 1. The lowest BCUT2D eigenvalue weighted by Gasteiger charge is -2.60. The van der Waals surface area contributed by atoms with Crippen LogP contribution in [0.5, 0.6) is 5.75 Å². The van der Waals surface area contributed by atoms with Crippen molar-refractivity contribution in [1.29, 1.82) is 0 Å². The number of nitrogens with zero attached hydrogens (tertiary/aromatic N) is 2. The van der Waals surface area contributed by atoms with Gasteiger partial charge in [0, 0.05) is 25.6 Å². The van der Waals surface area contributed by atoms with Gasteiger partial charge in [0.25, 0.3) is 0 Å². The van der Waals surface area contributed by atoms with Crippen molar-refractivity contribution in [3.63, 3.8) is 0 Å². The summed E-state index contributed by atoms with van der Waals surface area (Å²) in [6.07, 6.45) is -0.374. The minimum absolute atomic E-state index is 0.0664. The molecule has 50 heavy (non-hydrogen) atoms. The lowest BCUT2D eigenvalue weighted by Crippen LogP contribution is -2.74. The van der Waals surface area contributed by atoms with Gasteiger partial charge in [-0.2, -0.15) is 13.2 Å². The number of hydrogen-bond acceptors (Lipinski definition) is 9. The van der Waals surface area contributed by atoms with E-state index in [0.29, 0.717) is 36.8 Å². The molecule has 1 aromatic carbocycles. The number of fused-ring (bicyclic) bond motifs is 5. The Morgan fingerprint density at radius 3 is 2.24 bits per heavy atom. The summed E-state index contributed by atoms with van der Waals surface area (Å²) in [5.74, 6) is -11.3. The van der Waals surface area contributed by atoms with Crippen LogP contribution in [0.2, 0.25) is 0 Å². The number of carbonyl (C=O) groups is 5. The molecule has 9 atom stereocenters. The molecule has 0 radical (unpaired) electrons. The van der Waals surface area contributed by atoms with Crippen LogP contribution in [0.4, 0.5) is 13.2 Å². The number of Topliss-reactive ketones (excluding diaryl/α,β-unsaturated/α-hetero) is 4. The third kappa shape index (κ3) is 5.19. The van der Waals surface area contributed by atoms with Crippen LogP contribution in [0, 0.1) is 52.8 Å². The number of ketones is 4. The van der Waals surface area contributed by atoms with E-state index in [-0.39, 0.29) is 23.9 Å². The van der Waals surface area contributed by atoms with E-state index in [2.05, 4.69) is 18.7 Å². The Morgan fingerprint density at radius 1 is 1.00 bits per heavy atom. The largest absolute Gasteiger partial charge is 0.507 e. The normalized spacial score (nSPS) is 36.2. The Balaban J connectivity index is 1.27. The first-order chi connectivity index (χ1) is 23.3. The molecule has 4 unspecified atom stereocenters. The second-order valence-electron chi connectivity index (χ2n) is 16.9. The smallest absolute Gasteiger partial charge is 0.417 e. The molecular weight excluding hydrogens is 655 g/mol. The molecule has 13 heteroatoms. The van der Waals surface area contributed by atoms with Crippen molar-refractivity contribution in [2.75, 3.05) is 27.2 Å². The van der Waals surface area contributed by atoms with Crippen LogP contribution in [0.1, 0.15) is 79.4 Å². The molecule has 0 aromatic heterocycles. The van der Waals surface area contributed by atoms with Gasteiger partial charge in [-0.15, -0.1) is 0 Å². The van der Waals surface area contributed by atoms with Crippen LogP contribution in [0.3, 0.4) is 0 Å². The first-order valence-corrected chi connectivity index (χ1v) is 17.8. The second-order valence-corrected chi connectivity index (χ2v) is 16.9. The standard InChI is InChI=1S/C37H46F3N3O7/c1-35(2)20-8-7-17(22(35)12-20)14-43(13-16-5-6-16)15-19-11-24(44)26-21(28(19)37(38,39)40)9-18-10-23-29(42(3)4)31(46)27(34(41)49)33(48)36(23,50)32(47)25(18)30(26)45/h11,16-18,20,22-23,25,27,29,44,50H,5-10,12-15H2,1-4H3,(H2,41,49)/t17-,18+,20?,22?,23+,25?,27?,29+,36+/m1/s1. The molecule has 8 rings (SSSR count). The fraction of sp³-hybridized carbons (Fsp3) is 0.703. The highest BCUT2D eigenvalue weighted by atomic mass is 19.4. The third-order valence-electron chi connectivity index (χ3n) is 13.5. The van der Waals surface area contributed by atoms with Gasteiger partial charge in [-0.3, -0.25) is 33.8 Å². The fourth-order valence-electron chi connectivity index (χ4n) is 10.8. The third-order valence-corrected chi connectivity index (χ3v) is 13.5. The van der Waals surface area contributed by atoms with E-state index in [1.807, 2.05) is 0 Å². The molecule has 1 amide bonds. The summed E-state index contributed by atoms with van der Waals surface area (Å²) in [6, 6.07) is -0.352. The number of amides is 1. The number of likely N-dealkylation sites (N-methyl/N-ethyl adjacent to an activating group) is 1. The van der Waals surface area contributed by atoms with Crippen LogP contribution in [0.15, 0.2) is 6.07 Å². The highest BCUT2D eigenvalue weighted by Crippen LogP contribution is 2.61. The van der Waals surface area contributed by atoms with Crippen LogP contribution in [-0.2, 0) is 38.3 Å². The number of alkyl halides is 3. The molecule has 7 aliphatic carbocycles. The Hall–Kier alpha value is -3.16. The van der Waals surface area contributed by atoms with Gasteiger partial charge in [0.05, 0.1) is 23.1 Å². The van der Waals surface area contributed by atoms with E-state index in [1.165, 1.54) is 19.0 Å². The van der Waals surface area contributed by atoms with Crippen LogP contribution in [-0.4, -0.2) is 87.9 Å². The Bertz CT molecular complexity index is 1680. The summed E-state index contributed by atoms with van der Waals surface area (Å²) in [7, 11) is 2.90. The zero-order chi connectivity index (χ0) is 36.4. The topological polar surface area (TPSA) is 158 Å². The number of nitrogens with two attached hydrogens (primary N) is 1. The predicted molar refractivity (Wildman–Crippen MR) is 172 cm³/mol. The number of aliphatic hydroxyl groups is 1. The minimum atomic E-state index is -4.91. The van der Waals surface area contributed by atoms with Gasteiger partial charge < -0.3 is 15.9 Å². The molecule has 0 heterocycles. The predicted octanol–water partition coefficient (Wildman–Crippen LogP) is 3.17. The van der Waals surface area contributed by atoms with E-state index >= 15 is 13.2 Å². The van der Waals surface area contributed by atoms with E-state index < -0.39 is 99.4 Å². The molecule has 7 aliphatic rings. The number of phenolic OH excluding ortho intramolecular Hbond substituents is 1. The quantitative estimate of drug-likeness (QED) is 0.347. The lowest BCUT2D eigenvalue weighted by molar-refractivity contribution is -0.181. The number of rotatable bonds is 8. The molecule has 6 saturated carbocycles. The maximum absolute atomic E-state index is 15.2. The molecule has 0 spiro atoms. The number of hydrogen-bond donors (Lipinski definition) is 3. The summed E-state index contributed by atoms with van der Waals surface area (Å²) < 4.78 is 45.6. The first kappa shape index (κ1) is 35.3. The van der Waals surface area contributed by atoms with Crippen LogP contribution < -0.4 is 5.73 Å². The molecule has 6 fully saturated rings. The number of primary amides is 1. The number of aromatic hydroxyl groups is 1. The van der Waals surface area contributed by atoms with Crippen LogP contribution in [0.25, 0.3) is 0 Å². The average Bonchev–Trinajstić information content (AvgIpc) is 3.81. The Morgan fingerprint density at radius 2 is 1.68 bits per heavy atom. The van der Waals surface area contributed by atoms with Gasteiger partial charge in [-0.05, 0) is 111 Å². The molecule has 1 aromatic rings. The molecule has 0 aliphatic heterocycles. The maximum atomic E-state index is 15.2. The summed E-state index contributed by atoms with van der Waals surface area (Å²) >= 11 is 0. The van der Waals surface area contributed by atoms with E-state index in [4.69, 9.17) is 5.73 Å². The molecule has 0 saturated heterocycles. The molecule has 272 valence electrons. The van der Waals surface area contributed by atoms with Gasteiger partial charge in [0.2, 0.25) is 5.91 Å². The first-order valence-electron chi connectivity index (χ1n) is 17.8. The SMILES string of the molecule is CN(C)[C@@H]1C(=O)C(C(N)=O)C(=O)[C@@]2(O)C(=O)C3C(=O)c4c(O)cc(CN(CC5CC5)C[C@H]5CCC6CC5C6(C)C)c(C(F)(F)F)c4C[C@H]3C[C@@H]12. The number of carbonyl (C=O) groups excluding carboxylic acids is 5. The maximum Gasteiger partial charge on any atom is 0.417 e. The molecular formula is C37H46F3N3O7.